The lowest BCUT2D eigenvalue weighted by Gasteiger charge is -2.35. The third kappa shape index (κ3) is 7.07. The maximum absolute atomic E-state index is 5.89. The lowest BCUT2D eigenvalue weighted by Crippen LogP contribution is -2.44. The summed E-state index contributed by atoms with van der Waals surface area (Å²) in [6, 6.07) is 8.56. The Labute approximate surface area is 192 Å². The Balaban J connectivity index is 1.64. The summed E-state index contributed by atoms with van der Waals surface area (Å²) >= 11 is 0. The van der Waals surface area contributed by atoms with Crippen molar-refractivity contribution < 1.29 is 9.15 Å². The molecule has 2 heterocycles. The molecule has 2 aromatic rings. The molecule has 0 spiro atoms. The van der Waals surface area contributed by atoms with E-state index < -0.39 is 0 Å². The van der Waals surface area contributed by atoms with Crippen molar-refractivity contribution in [3.05, 3.63) is 53.2 Å². The average molecular weight is 442 g/mol. The molecule has 7 nitrogen and oxygen atoms in total. The number of nitrogens with zero attached hydrogens (tertiary/aromatic N) is 3. The Morgan fingerprint density at radius 2 is 1.81 bits per heavy atom. The highest BCUT2D eigenvalue weighted by atomic mass is 16.5. The van der Waals surface area contributed by atoms with Crippen LogP contribution in [0.25, 0.3) is 0 Å². The normalized spacial score (nSPS) is 20.4. The molecule has 1 aromatic carbocycles. The van der Waals surface area contributed by atoms with E-state index in [1.54, 1.807) is 0 Å². The van der Waals surface area contributed by atoms with Crippen LogP contribution in [0.2, 0.25) is 0 Å². The lowest BCUT2D eigenvalue weighted by atomic mass is 9.94. The number of hydrogen-bond acceptors (Lipinski definition) is 5. The Morgan fingerprint density at radius 1 is 1.12 bits per heavy atom. The maximum Gasteiger partial charge on any atom is 0.213 e. The van der Waals surface area contributed by atoms with Crippen LogP contribution in [-0.2, 0) is 29.8 Å². The number of rotatable bonds is 7. The Kier molecular flexibility index (Phi) is 8.32. The van der Waals surface area contributed by atoms with E-state index in [4.69, 9.17) is 14.1 Å². The SMILES string of the molecule is CCNC(=NCc1ccccc1CN1CC(C)OC(C)C1)NCc1ncc(C(C)(C)C)o1. The van der Waals surface area contributed by atoms with E-state index in [9.17, 15) is 0 Å². The number of nitrogens with one attached hydrogen (secondary N) is 2. The van der Waals surface area contributed by atoms with Crippen LogP contribution in [-0.4, -0.2) is 47.7 Å². The predicted molar refractivity (Wildman–Crippen MR) is 129 cm³/mol. The van der Waals surface area contributed by atoms with Gasteiger partial charge in [0, 0.05) is 31.6 Å². The fourth-order valence-electron chi connectivity index (χ4n) is 3.92. The van der Waals surface area contributed by atoms with Gasteiger partial charge < -0.3 is 19.8 Å². The van der Waals surface area contributed by atoms with E-state index >= 15 is 0 Å². The van der Waals surface area contributed by atoms with Crippen LogP contribution in [0, 0.1) is 0 Å². The zero-order valence-corrected chi connectivity index (χ0v) is 20.4. The van der Waals surface area contributed by atoms with E-state index in [-0.39, 0.29) is 17.6 Å². The van der Waals surface area contributed by atoms with Crippen molar-refractivity contribution in [2.24, 2.45) is 4.99 Å². The fraction of sp³-hybridized carbons (Fsp3) is 0.600. The number of benzene rings is 1. The van der Waals surface area contributed by atoms with Gasteiger partial charge in [-0.1, -0.05) is 45.0 Å². The van der Waals surface area contributed by atoms with E-state index in [1.807, 2.05) is 6.20 Å². The second kappa shape index (κ2) is 11.0. The van der Waals surface area contributed by atoms with Crippen molar-refractivity contribution >= 4 is 5.96 Å². The molecule has 32 heavy (non-hydrogen) atoms. The van der Waals surface area contributed by atoms with Gasteiger partial charge in [-0.3, -0.25) is 4.90 Å². The zero-order valence-electron chi connectivity index (χ0n) is 20.4. The highest BCUT2D eigenvalue weighted by Gasteiger charge is 2.22. The molecule has 1 aromatic heterocycles. The average Bonchev–Trinajstić information content (AvgIpc) is 3.20. The molecule has 7 heteroatoms. The van der Waals surface area contributed by atoms with Crippen LogP contribution < -0.4 is 10.6 Å². The van der Waals surface area contributed by atoms with Crippen LogP contribution in [0.15, 0.2) is 39.9 Å². The molecule has 2 N–H and O–H groups in total. The smallest absolute Gasteiger partial charge is 0.213 e. The molecule has 2 unspecified atom stereocenters. The summed E-state index contributed by atoms with van der Waals surface area (Å²) in [5, 5.41) is 6.66. The van der Waals surface area contributed by atoms with Crippen LogP contribution in [0.4, 0.5) is 0 Å². The van der Waals surface area contributed by atoms with Crippen molar-refractivity contribution in [3.63, 3.8) is 0 Å². The van der Waals surface area contributed by atoms with Gasteiger partial charge in [0.15, 0.2) is 5.96 Å². The summed E-state index contributed by atoms with van der Waals surface area (Å²) in [6.07, 6.45) is 2.34. The van der Waals surface area contributed by atoms with E-state index in [2.05, 4.69) is 86.3 Å². The van der Waals surface area contributed by atoms with Gasteiger partial charge in [0.1, 0.15) is 5.76 Å². The van der Waals surface area contributed by atoms with Gasteiger partial charge >= 0.3 is 0 Å². The van der Waals surface area contributed by atoms with Gasteiger partial charge in [-0.2, -0.15) is 0 Å². The first-order valence-electron chi connectivity index (χ1n) is 11.7. The van der Waals surface area contributed by atoms with Crippen LogP contribution in [0.5, 0.6) is 0 Å². The number of morpholine rings is 1. The minimum Gasteiger partial charge on any atom is -0.443 e. The van der Waals surface area contributed by atoms with Crippen molar-refractivity contribution in [2.45, 2.75) is 78.8 Å². The Morgan fingerprint density at radius 3 is 2.44 bits per heavy atom. The third-order valence-electron chi connectivity index (χ3n) is 5.46. The number of aliphatic imine (C=N–C) groups is 1. The molecule has 176 valence electrons. The first-order valence-corrected chi connectivity index (χ1v) is 11.7. The summed E-state index contributed by atoms with van der Waals surface area (Å²) in [6.45, 7) is 17.4. The first-order chi connectivity index (χ1) is 15.2. The van der Waals surface area contributed by atoms with Gasteiger partial charge in [0.2, 0.25) is 5.89 Å². The van der Waals surface area contributed by atoms with Gasteiger partial charge in [0.25, 0.3) is 0 Å². The summed E-state index contributed by atoms with van der Waals surface area (Å²) in [7, 11) is 0. The predicted octanol–water partition coefficient (Wildman–Crippen LogP) is 3.84. The first kappa shape index (κ1) is 24.3. The molecular weight excluding hydrogens is 402 g/mol. The zero-order chi connectivity index (χ0) is 23.1. The van der Waals surface area contributed by atoms with Gasteiger partial charge in [-0.25, -0.2) is 9.98 Å². The van der Waals surface area contributed by atoms with Gasteiger partial charge in [-0.15, -0.1) is 0 Å². The number of ether oxygens (including phenoxy) is 1. The van der Waals surface area contributed by atoms with Crippen molar-refractivity contribution in [1.29, 1.82) is 0 Å². The summed E-state index contributed by atoms with van der Waals surface area (Å²) in [4.78, 5) is 11.7. The highest BCUT2D eigenvalue weighted by molar-refractivity contribution is 5.79. The van der Waals surface area contributed by atoms with Crippen molar-refractivity contribution in [2.75, 3.05) is 19.6 Å². The molecule has 0 bridgehead atoms. The molecule has 0 saturated carbocycles. The van der Waals surface area contributed by atoms with E-state index in [1.165, 1.54) is 11.1 Å². The molecule has 1 aliphatic heterocycles. The molecule has 1 saturated heterocycles. The monoisotopic (exact) mass is 441 g/mol. The topological polar surface area (TPSA) is 74.9 Å². The second-order valence-electron chi connectivity index (χ2n) is 9.64. The quantitative estimate of drug-likeness (QED) is 0.502. The molecule has 2 atom stereocenters. The lowest BCUT2D eigenvalue weighted by molar-refractivity contribution is -0.0705. The number of hydrogen-bond donors (Lipinski definition) is 2. The number of oxazole rings is 1. The molecule has 1 fully saturated rings. The van der Waals surface area contributed by atoms with Crippen molar-refractivity contribution in [3.8, 4) is 0 Å². The highest BCUT2D eigenvalue weighted by Crippen LogP contribution is 2.22. The second-order valence-corrected chi connectivity index (χ2v) is 9.64. The van der Waals surface area contributed by atoms with Gasteiger partial charge in [0.05, 0.1) is 31.5 Å². The minimum absolute atomic E-state index is 0.0520. The molecule has 0 amide bonds. The van der Waals surface area contributed by atoms with E-state index in [0.29, 0.717) is 19.0 Å². The standard InChI is InChI=1S/C25H39N5O2/c1-7-26-24(29-14-23-27-13-22(32-23)25(4,5)6)28-12-20-10-8-9-11-21(20)17-30-15-18(2)31-19(3)16-30/h8-11,13,18-19H,7,12,14-17H2,1-6H3,(H2,26,28,29). The number of aromatic nitrogens is 1. The van der Waals surface area contributed by atoms with Crippen molar-refractivity contribution in [1.82, 2.24) is 20.5 Å². The Bertz CT molecular complexity index is 876. The molecule has 0 aliphatic carbocycles. The summed E-state index contributed by atoms with van der Waals surface area (Å²) < 4.78 is 11.8. The fourth-order valence-corrected chi connectivity index (χ4v) is 3.92. The molecule has 3 rings (SSSR count). The maximum atomic E-state index is 5.89. The van der Waals surface area contributed by atoms with Crippen LogP contribution in [0.1, 0.15) is 64.3 Å². The van der Waals surface area contributed by atoms with Crippen LogP contribution >= 0.6 is 0 Å². The Hall–Kier alpha value is -2.38. The third-order valence-corrected chi connectivity index (χ3v) is 5.46. The van der Waals surface area contributed by atoms with E-state index in [0.717, 1.165) is 37.9 Å². The number of guanidine groups is 1. The van der Waals surface area contributed by atoms with Gasteiger partial charge in [-0.05, 0) is 31.9 Å². The largest absolute Gasteiger partial charge is 0.443 e. The molecular formula is C25H39N5O2. The van der Waals surface area contributed by atoms with Crippen LogP contribution in [0.3, 0.4) is 0 Å². The molecule has 1 aliphatic rings. The summed E-state index contributed by atoms with van der Waals surface area (Å²) in [5.74, 6) is 2.31. The minimum atomic E-state index is -0.0520. The molecule has 0 radical (unpaired) electrons. The summed E-state index contributed by atoms with van der Waals surface area (Å²) in [5.41, 5.74) is 2.50.